The van der Waals surface area contributed by atoms with Crippen molar-refractivity contribution in [3.63, 3.8) is 0 Å². The monoisotopic (exact) mass is 824 g/mol. The minimum atomic E-state index is -0.851. The fourth-order valence-electron chi connectivity index (χ4n) is 7.46. The van der Waals surface area contributed by atoms with Crippen molar-refractivity contribution in [2.75, 3.05) is 78.6 Å². The lowest BCUT2D eigenvalue weighted by Gasteiger charge is -2.21. The van der Waals surface area contributed by atoms with Crippen molar-refractivity contribution in [3.8, 4) is 23.0 Å². The molecule has 3 N–H and O–H groups in total. The van der Waals surface area contributed by atoms with Gasteiger partial charge in [-0.2, -0.15) is 0 Å². The second kappa shape index (κ2) is 19.0. The van der Waals surface area contributed by atoms with E-state index in [9.17, 15) is 24.3 Å². The van der Waals surface area contributed by atoms with Crippen LogP contribution in [-0.2, 0) is 23.8 Å². The van der Waals surface area contributed by atoms with Crippen molar-refractivity contribution in [2.45, 2.75) is 44.5 Å². The summed E-state index contributed by atoms with van der Waals surface area (Å²) in [6, 6.07) is 12.7. The standard InChI is InChI=1S/C41H49ClN4O12/c1-6-26(21-47)57-34(53-3)22-56-41(51)43-13-11-33(48)45-14-12-23(19-45)40(50)58-31-17-30-35(28-10-8-7-9-27(28)31)25(18-42)20-46(30)39(49)29-15-24-16-32(52-2)37(54-4)38(55-5)36(24)44-29/h7-10,15-17,23,25-26,34,44,47H,6,11-14,18-22H2,1-5H3,(H,43,51)/t23?,25-,26?,34?/m0/s1. The van der Waals surface area contributed by atoms with E-state index in [0.717, 1.165) is 10.9 Å². The molecule has 0 radical (unpaired) electrons. The van der Waals surface area contributed by atoms with Crippen LogP contribution in [0.15, 0.2) is 42.5 Å². The Morgan fingerprint density at radius 1 is 0.983 bits per heavy atom. The summed E-state index contributed by atoms with van der Waals surface area (Å²) in [5, 5.41) is 14.1. The molecule has 0 spiro atoms. The number of H-pyrrole nitrogens is 1. The second-order valence-corrected chi connectivity index (χ2v) is 14.3. The molecule has 1 saturated heterocycles. The fraction of sp³-hybridized carbons (Fsp3) is 0.463. The van der Waals surface area contributed by atoms with Gasteiger partial charge in [-0.3, -0.25) is 14.4 Å². The number of ether oxygens (including phenoxy) is 7. The van der Waals surface area contributed by atoms with Gasteiger partial charge in [0.15, 0.2) is 17.8 Å². The highest BCUT2D eigenvalue weighted by Gasteiger charge is 2.37. The van der Waals surface area contributed by atoms with Gasteiger partial charge < -0.3 is 58.4 Å². The van der Waals surface area contributed by atoms with Gasteiger partial charge in [0.25, 0.3) is 5.91 Å². The van der Waals surface area contributed by atoms with Gasteiger partial charge in [0, 0.05) is 68.3 Å². The first-order valence-electron chi connectivity index (χ1n) is 19.0. The van der Waals surface area contributed by atoms with Gasteiger partial charge in [0.05, 0.1) is 51.2 Å². The lowest BCUT2D eigenvalue weighted by atomic mass is 9.95. The summed E-state index contributed by atoms with van der Waals surface area (Å²) >= 11 is 6.52. The molecule has 2 aliphatic rings. The number of hydrogen-bond donors (Lipinski definition) is 3. The summed E-state index contributed by atoms with van der Waals surface area (Å²) < 4.78 is 38.6. The van der Waals surface area contributed by atoms with Gasteiger partial charge in [-0.05, 0) is 35.9 Å². The predicted molar refractivity (Wildman–Crippen MR) is 214 cm³/mol. The van der Waals surface area contributed by atoms with Crippen molar-refractivity contribution in [3.05, 3.63) is 53.7 Å². The average molecular weight is 825 g/mol. The smallest absolute Gasteiger partial charge is 0.407 e. The maximum Gasteiger partial charge on any atom is 0.407 e. The number of halogens is 1. The zero-order valence-electron chi connectivity index (χ0n) is 33.1. The fourth-order valence-corrected chi connectivity index (χ4v) is 7.71. The first-order chi connectivity index (χ1) is 28.1. The Balaban J connectivity index is 1.13. The third-order valence-electron chi connectivity index (χ3n) is 10.5. The third-order valence-corrected chi connectivity index (χ3v) is 10.9. The van der Waals surface area contributed by atoms with Crippen LogP contribution < -0.4 is 29.2 Å². The van der Waals surface area contributed by atoms with E-state index in [-0.39, 0.29) is 62.1 Å². The van der Waals surface area contributed by atoms with Crippen LogP contribution in [-0.4, -0.2) is 125 Å². The summed E-state index contributed by atoms with van der Waals surface area (Å²) in [5.41, 5.74) is 2.32. The number of benzene rings is 3. The van der Waals surface area contributed by atoms with Gasteiger partial charge in [0.2, 0.25) is 11.7 Å². The highest BCUT2D eigenvalue weighted by Crippen LogP contribution is 2.47. The number of fused-ring (bicyclic) bond motifs is 4. The number of alkyl carbamates (subject to hydrolysis) is 1. The zero-order chi connectivity index (χ0) is 41.5. The highest BCUT2D eigenvalue weighted by molar-refractivity contribution is 6.19. The van der Waals surface area contributed by atoms with Crippen LogP contribution in [0.25, 0.3) is 21.7 Å². The van der Waals surface area contributed by atoms with Crippen LogP contribution in [0.5, 0.6) is 23.0 Å². The van der Waals surface area contributed by atoms with Gasteiger partial charge in [-0.15, -0.1) is 11.6 Å². The predicted octanol–water partition coefficient (Wildman–Crippen LogP) is 4.96. The number of likely N-dealkylation sites (tertiary alicyclic amines) is 1. The Hall–Kier alpha value is -5.29. The maximum atomic E-state index is 14.3. The van der Waals surface area contributed by atoms with E-state index in [1.807, 2.05) is 31.2 Å². The van der Waals surface area contributed by atoms with Crippen molar-refractivity contribution in [1.29, 1.82) is 0 Å². The van der Waals surface area contributed by atoms with E-state index < -0.39 is 30.4 Å². The Kier molecular flexibility index (Phi) is 13.8. The second-order valence-electron chi connectivity index (χ2n) is 13.9. The summed E-state index contributed by atoms with van der Waals surface area (Å²) in [6.07, 6.45) is -1.11. The summed E-state index contributed by atoms with van der Waals surface area (Å²) in [7, 11) is 5.94. The van der Waals surface area contributed by atoms with E-state index in [2.05, 4.69) is 10.3 Å². The molecule has 6 rings (SSSR count). The molecule has 4 atom stereocenters. The number of nitrogens with zero attached hydrogens (tertiary/aromatic N) is 2. The average Bonchev–Trinajstić information content (AvgIpc) is 4.00. The quantitative estimate of drug-likeness (QED) is 0.0563. The number of carbonyl (C=O) groups excluding carboxylic acids is 4. The molecule has 1 aromatic heterocycles. The molecule has 58 heavy (non-hydrogen) atoms. The number of aliphatic hydroxyl groups is 1. The molecule has 3 amide bonds. The van der Waals surface area contributed by atoms with E-state index in [1.165, 1.54) is 28.4 Å². The zero-order valence-corrected chi connectivity index (χ0v) is 33.9. The minimum absolute atomic E-state index is 0.00516. The Labute approximate surface area is 340 Å². The molecule has 17 heteroatoms. The van der Waals surface area contributed by atoms with Crippen LogP contribution in [0.4, 0.5) is 10.5 Å². The molecule has 3 heterocycles. The molecular weight excluding hydrogens is 776 g/mol. The van der Waals surface area contributed by atoms with E-state index in [0.29, 0.717) is 70.9 Å². The number of amides is 3. The van der Waals surface area contributed by atoms with Crippen molar-refractivity contribution < 1.29 is 57.4 Å². The number of nitrogens with one attached hydrogen (secondary N) is 2. The Bertz CT molecular complexity index is 2140. The first kappa shape index (κ1) is 42.3. The van der Waals surface area contributed by atoms with Crippen LogP contribution >= 0.6 is 11.6 Å². The maximum absolute atomic E-state index is 14.3. The van der Waals surface area contributed by atoms with Gasteiger partial charge >= 0.3 is 12.1 Å². The van der Waals surface area contributed by atoms with Crippen molar-refractivity contribution in [1.82, 2.24) is 15.2 Å². The van der Waals surface area contributed by atoms with Crippen molar-refractivity contribution >= 4 is 62.8 Å². The molecule has 4 aromatic rings. The Morgan fingerprint density at radius 2 is 1.74 bits per heavy atom. The Morgan fingerprint density at radius 3 is 2.41 bits per heavy atom. The minimum Gasteiger partial charge on any atom is -0.493 e. The third kappa shape index (κ3) is 8.74. The molecule has 0 aliphatic carbocycles. The summed E-state index contributed by atoms with van der Waals surface area (Å²) in [5.74, 6) is -0.0651. The number of esters is 1. The molecule has 16 nitrogen and oxygen atoms in total. The summed E-state index contributed by atoms with van der Waals surface area (Å²) in [6.45, 7) is 2.27. The molecular formula is C41H49ClN4O12. The molecule has 2 aliphatic heterocycles. The summed E-state index contributed by atoms with van der Waals surface area (Å²) in [4.78, 5) is 59.7. The molecule has 312 valence electrons. The molecule has 3 unspecified atom stereocenters. The van der Waals surface area contributed by atoms with Crippen LogP contribution in [0.2, 0.25) is 0 Å². The molecule has 1 fully saturated rings. The van der Waals surface area contributed by atoms with E-state index in [4.69, 9.17) is 44.8 Å². The normalized spacial score (nSPS) is 17.2. The number of hydrogen-bond acceptors (Lipinski definition) is 12. The number of carbonyl (C=O) groups is 4. The molecule has 0 bridgehead atoms. The molecule has 0 saturated carbocycles. The van der Waals surface area contributed by atoms with Gasteiger partial charge in [-0.25, -0.2) is 4.79 Å². The number of alkyl halides is 1. The van der Waals surface area contributed by atoms with Crippen LogP contribution in [0.1, 0.15) is 48.2 Å². The number of methoxy groups -OCH3 is 4. The lowest BCUT2D eigenvalue weighted by Crippen LogP contribution is -2.36. The number of aromatic amines is 1. The molecule has 3 aromatic carbocycles. The number of aromatic nitrogens is 1. The number of rotatable bonds is 17. The van der Waals surface area contributed by atoms with E-state index in [1.54, 1.807) is 28.0 Å². The topological polar surface area (TPSA) is 187 Å². The SMILES string of the molecule is CCC(CO)OC(COC(=O)NCCC(=O)N1CCC(C(=O)Oc2cc3c(c4ccccc24)[C@@H](CCl)CN3C(=O)c2cc3cc(OC)c(OC)c(OC)c3[nH]2)C1)OC. The highest BCUT2D eigenvalue weighted by atomic mass is 35.5. The van der Waals surface area contributed by atoms with E-state index >= 15 is 0 Å². The largest absolute Gasteiger partial charge is 0.493 e. The van der Waals surface area contributed by atoms with Gasteiger partial charge in [0.1, 0.15) is 18.1 Å². The van der Waals surface area contributed by atoms with Gasteiger partial charge in [-0.1, -0.05) is 31.2 Å². The van der Waals surface area contributed by atoms with Crippen LogP contribution in [0, 0.1) is 5.92 Å². The lowest BCUT2D eigenvalue weighted by molar-refractivity contribution is -0.181. The number of anilines is 1. The number of aliphatic hydroxyl groups excluding tert-OH is 1. The first-order valence-corrected chi connectivity index (χ1v) is 19.6. The van der Waals surface area contributed by atoms with Crippen molar-refractivity contribution in [2.24, 2.45) is 5.92 Å². The van der Waals surface area contributed by atoms with Crippen LogP contribution in [0.3, 0.4) is 0 Å².